The Bertz CT molecular complexity index is 363. The third-order valence-electron chi connectivity index (χ3n) is 3.05. The molecule has 1 N–H and O–H groups in total. The molecule has 0 aromatic heterocycles. The third-order valence-corrected chi connectivity index (χ3v) is 3.05. The minimum atomic E-state index is 0.203. The van der Waals surface area contributed by atoms with Gasteiger partial charge in [0.15, 0.2) is 0 Å². The standard InChI is InChI=1S/C16H29N3/c1-16(2,3)17-11-12-19(6)13-14-7-9-15(10-8-14)18(4)5/h7-10,17H,11-13H2,1-6H3. The van der Waals surface area contributed by atoms with E-state index in [1.165, 1.54) is 11.3 Å². The second kappa shape index (κ2) is 6.92. The zero-order valence-electron chi connectivity index (χ0n) is 13.3. The number of anilines is 1. The molecular formula is C16H29N3. The topological polar surface area (TPSA) is 18.5 Å². The van der Waals surface area contributed by atoms with Crippen molar-refractivity contribution in [1.29, 1.82) is 0 Å². The van der Waals surface area contributed by atoms with Crippen LogP contribution in [0.15, 0.2) is 24.3 Å². The Kier molecular flexibility index (Phi) is 5.83. The first-order chi connectivity index (χ1) is 8.78. The van der Waals surface area contributed by atoms with Crippen molar-refractivity contribution in [2.45, 2.75) is 32.9 Å². The zero-order chi connectivity index (χ0) is 14.5. The minimum absolute atomic E-state index is 0.203. The molecule has 0 aliphatic rings. The maximum Gasteiger partial charge on any atom is 0.0361 e. The molecule has 3 nitrogen and oxygen atoms in total. The second-order valence-electron chi connectivity index (χ2n) is 6.48. The summed E-state index contributed by atoms with van der Waals surface area (Å²) in [6.45, 7) is 9.69. The average molecular weight is 263 g/mol. The van der Waals surface area contributed by atoms with Crippen molar-refractivity contribution >= 4 is 5.69 Å². The third kappa shape index (κ3) is 6.60. The Labute approximate surface area is 118 Å². The number of likely N-dealkylation sites (N-methyl/N-ethyl adjacent to an activating group) is 1. The lowest BCUT2D eigenvalue weighted by Crippen LogP contribution is -2.40. The fourth-order valence-corrected chi connectivity index (χ4v) is 1.91. The van der Waals surface area contributed by atoms with Crippen LogP contribution in [0, 0.1) is 0 Å². The lowest BCUT2D eigenvalue weighted by molar-refractivity contribution is 0.303. The highest BCUT2D eigenvalue weighted by Crippen LogP contribution is 2.13. The largest absolute Gasteiger partial charge is 0.378 e. The highest BCUT2D eigenvalue weighted by atomic mass is 15.1. The van der Waals surface area contributed by atoms with E-state index in [2.05, 4.69) is 81.3 Å². The van der Waals surface area contributed by atoms with E-state index in [4.69, 9.17) is 0 Å². The molecule has 19 heavy (non-hydrogen) atoms. The van der Waals surface area contributed by atoms with Gasteiger partial charge in [0, 0.05) is 45.0 Å². The van der Waals surface area contributed by atoms with Crippen LogP contribution in [0.2, 0.25) is 0 Å². The van der Waals surface area contributed by atoms with Crippen LogP contribution in [-0.2, 0) is 6.54 Å². The van der Waals surface area contributed by atoms with E-state index in [1.807, 2.05) is 0 Å². The summed E-state index contributed by atoms with van der Waals surface area (Å²) >= 11 is 0. The smallest absolute Gasteiger partial charge is 0.0361 e. The maximum atomic E-state index is 3.51. The highest BCUT2D eigenvalue weighted by Gasteiger charge is 2.08. The summed E-state index contributed by atoms with van der Waals surface area (Å²) in [4.78, 5) is 4.48. The van der Waals surface area contributed by atoms with Gasteiger partial charge in [0.2, 0.25) is 0 Å². The van der Waals surface area contributed by atoms with E-state index in [0.29, 0.717) is 0 Å². The van der Waals surface area contributed by atoms with Crippen LogP contribution in [0.4, 0.5) is 5.69 Å². The van der Waals surface area contributed by atoms with E-state index >= 15 is 0 Å². The molecule has 0 unspecified atom stereocenters. The van der Waals surface area contributed by atoms with Crippen LogP contribution in [0.3, 0.4) is 0 Å². The van der Waals surface area contributed by atoms with Crippen LogP contribution in [0.1, 0.15) is 26.3 Å². The predicted molar refractivity (Wildman–Crippen MR) is 84.9 cm³/mol. The first kappa shape index (κ1) is 16.0. The van der Waals surface area contributed by atoms with Crippen molar-refractivity contribution in [3.63, 3.8) is 0 Å². The summed E-state index contributed by atoms with van der Waals surface area (Å²) in [5.41, 5.74) is 2.82. The lowest BCUT2D eigenvalue weighted by Gasteiger charge is -2.23. The number of nitrogens with zero attached hydrogens (tertiary/aromatic N) is 2. The summed E-state index contributed by atoms with van der Waals surface area (Å²) in [6, 6.07) is 8.78. The number of nitrogens with one attached hydrogen (secondary N) is 1. The first-order valence-corrected chi connectivity index (χ1v) is 6.98. The van der Waals surface area contributed by atoms with Gasteiger partial charge in [-0.25, -0.2) is 0 Å². The number of benzene rings is 1. The van der Waals surface area contributed by atoms with Gasteiger partial charge in [0.25, 0.3) is 0 Å². The molecule has 0 heterocycles. The SMILES string of the molecule is CN(CCNC(C)(C)C)Cc1ccc(N(C)C)cc1. The lowest BCUT2D eigenvalue weighted by atomic mass is 10.1. The number of hydrogen-bond acceptors (Lipinski definition) is 3. The fourth-order valence-electron chi connectivity index (χ4n) is 1.91. The van der Waals surface area contributed by atoms with Gasteiger partial charge in [0.05, 0.1) is 0 Å². The Balaban J connectivity index is 2.38. The number of rotatable bonds is 6. The summed E-state index contributed by atoms with van der Waals surface area (Å²) in [7, 11) is 6.31. The molecule has 1 aromatic rings. The second-order valence-corrected chi connectivity index (χ2v) is 6.48. The van der Waals surface area contributed by atoms with Gasteiger partial charge >= 0.3 is 0 Å². The minimum Gasteiger partial charge on any atom is -0.378 e. The molecule has 0 spiro atoms. The molecule has 0 amide bonds. The molecular weight excluding hydrogens is 234 g/mol. The Morgan fingerprint density at radius 2 is 1.58 bits per heavy atom. The molecule has 0 radical (unpaired) electrons. The molecule has 0 saturated carbocycles. The van der Waals surface area contributed by atoms with E-state index in [9.17, 15) is 0 Å². The first-order valence-electron chi connectivity index (χ1n) is 6.98. The van der Waals surface area contributed by atoms with Gasteiger partial charge in [0.1, 0.15) is 0 Å². The monoisotopic (exact) mass is 263 g/mol. The molecule has 0 saturated heterocycles. The van der Waals surface area contributed by atoms with Crippen molar-refractivity contribution in [1.82, 2.24) is 10.2 Å². The molecule has 3 heteroatoms. The van der Waals surface area contributed by atoms with E-state index in [-0.39, 0.29) is 5.54 Å². The van der Waals surface area contributed by atoms with Crippen LogP contribution in [0.25, 0.3) is 0 Å². The molecule has 0 atom stereocenters. The zero-order valence-corrected chi connectivity index (χ0v) is 13.3. The maximum absolute atomic E-state index is 3.51. The van der Waals surface area contributed by atoms with Crippen LogP contribution < -0.4 is 10.2 Å². The molecule has 1 rings (SSSR count). The molecule has 108 valence electrons. The van der Waals surface area contributed by atoms with Gasteiger partial charge in [-0.05, 0) is 45.5 Å². The highest BCUT2D eigenvalue weighted by molar-refractivity contribution is 5.45. The van der Waals surface area contributed by atoms with Crippen LogP contribution in [-0.4, -0.2) is 44.7 Å². The number of hydrogen-bond donors (Lipinski definition) is 1. The Hall–Kier alpha value is -1.06. The van der Waals surface area contributed by atoms with Crippen molar-refractivity contribution in [3.05, 3.63) is 29.8 Å². The van der Waals surface area contributed by atoms with E-state index in [1.54, 1.807) is 0 Å². The molecule has 0 fully saturated rings. The molecule has 0 bridgehead atoms. The summed E-state index contributed by atoms with van der Waals surface area (Å²) < 4.78 is 0. The van der Waals surface area contributed by atoms with Crippen molar-refractivity contribution < 1.29 is 0 Å². The molecule has 0 aliphatic heterocycles. The van der Waals surface area contributed by atoms with Gasteiger partial charge in [-0.2, -0.15) is 0 Å². The van der Waals surface area contributed by atoms with Gasteiger partial charge in [-0.1, -0.05) is 12.1 Å². The molecule has 0 aliphatic carbocycles. The summed E-state index contributed by atoms with van der Waals surface area (Å²) in [5.74, 6) is 0. The van der Waals surface area contributed by atoms with E-state index in [0.717, 1.165) is 19.6 Å². The fraction of sp³-hybridized carbons (Fsp3) is 0.625. The van der Waals surface area contributed by atoms with Gasteiger partial charge in [-0.3, -0.25) is 0 Å². The van der Waals surface area contributed by atoms with Crippen LogP contribution >= 0.6 is 0 Å². The Morgan fingerprint density at radius 3 is 2.05 bits per heavy atom. The normalized spacial score (nSPS) is 11.9. The van der Waals surface area contributed by atoms with Gasteiger partial charge in [-0.15, -0.1) is 0 Å². The average Bonchev–Trinajstić information content (AvgIpc) is 2.27. The van der Waals surface area contributed by atoms with E-state index < -0.39 is 0 Å². The quantitative estimate of drug-likeness (QED) is 0.851. The predicted octanol–water partition coefficient (Wildman–Crippen LogP) is 2.57. The summed E-state index contributed by atoms with van der Waals surface area (Å²) in [5, 5.41) is 3.51. The summed E-state index contributed by atoms with van der Waals surface area (Å²) in [6.07, 6.45) is 0. The molecule has 1 aromatic carbocycles. The Morgan fingerprint density at radius 1 is 1.00 bits per heavy atom. The van der Waals surface area contributed by atoms with Crippen LogP contribution in [0.5, 0.6) is 0 Å². The van der Waals surface area contributed by atoms with Crippen molar-refractivity contribution in [2.24, 2.45) is 0 Å². The van der Waals surface area contributed by atoms with Crippen molar-refractivity contribution in [3.8, 4) is 0 Å². The van der Waals surface area contributed by atoms with Gasteiger partial charge < -0.3 is 15.1 Å². The van der Waals surface area contributed by atoms with Crippen molar-refractivity contribution in [2.75, 3.05) is 39.1 Å².